The minimum Gasteiger partial charge on any atom is -0.321 e. The summed E-state index contributed by atoms with van der Waals surface area (Å²) in [5.41, 5.74) is 7.37. The Hall–Kier alpha value is -1.41. The molecule has 0 aliphatic rings. The SMILES string of the molecule is C=CCC(C)(N)c1ccc(C=O)cc1. The van der Waals surface area contributed by atoms with Crippen molar-refractivity contribution in [1.82, 2.24) is 0 Å². The third-order valence-electron chi connectivity index (χ3n) is 2.27. The maximum absolute atomic E-state index is 10.4. The van der Waals surface area contributed by atoms with E-state index in [0.29, 0.717) is 12.0 Å². The summed E-state index contributed by atoms with van der Waals surface area (Å²) >= 11 is 0. The molecule has 0 saturated carbocycles. The first-order valence-corrected chi connectivity index (χ1v) is 4.55. The van der Waals surface area contributed by atoms with Crippen LogP contribution in [0.3, 0.4) is 0 Å². The van der Waals surface area contributed by atoms with E-state index in [1.807, 2.05) is 19.1 Å². The molecule has 2 N–H and O–H groups in total. The van der Waals surface area contributed by atoms with E-state index in [2.05, 4.69) is 6.58 Å². The van der Waals surface area contributed by atoms with Crippen LogP contribution in [0.5, 0.6) is 0 Å². The molecular formula is C12H15NO. The van der Waals surface area contributed by atoms with Gasteiger partial charge in [0.05, 0.1) is 0 Å². The van der Waals surface area contributed by atoms with Gasteiger partial charge in [-0.2, -0.15) is 0 Å². The second-order valence-corrected chi connectivity index (χ2v) is 3.65. The monoisotopic (exact) mass is 189 g/mol. The molecule has 1 rings (SSSR count). The van der Waals surface area contributed by atoms with Crippen molar-refractivity contribution in [2.75, 3.05) is 0 Å². The standard InChI is InChI=1S/C12H15NO/c1-3-8-12(2,13)11-6-4-10(9-14)5-7-11/h3-7,9H,1,8,13H2,2H3. The van der Waals surface area contributed by atoms with Crippen LogP contribution in [-0.4, -0.2) is 6.29 Å². The summed E-state index contributed by atoms with van der Waals surface area (Å²) in [6, 6.07) is 7.31. The van der Waals surface area contributed by atoms with Crippen LogP contribution in [0.25, 0.3) is 0 Å². The Labute approximate surface area is 84.4 Å². The molecule has 1 aromatic carbocycles. The van der Waals surface area contributed by atoms with E-state index in [1.54, 1.807) is 18.2 Å². The Kier molecular flexibility index (Phi) is 3.20. The number of nitrogens with two attached hydrogens (primary N) is 1. The molecule has 74 valence electrons. The Morgan fingerprint density at radius 3 is 2.43 bits per heavy atom. The van der Waals surface area contributed by atoms with Crippen LogP contribution in [0, 0.1) is 0 Å². The Morgan fingerprint density at radius 2 is 2.00 bits per heavy atom. The number of hydrogen-bond acceptors (Lipinski definition) is 2. The molecule has 14 heavy (non-hydrogen) atoms. The minimum absolute atomic E-state index is 0.400. The zero-order chi connectivity index (χ0) is 10.6. The van der Waals surface area contributed by atoms with Crippen molar-refractivity contribution < 1.29 is 4.79 Å². The van der Waals surface area contributed by atoms with Crippen molar-refractivity contribution in [3.63, 3.8) is 0 Å². The van der Waals surface area contributed by atoms with Gasteiger partial charge in [0.2, 0.25) is 0 Å². The van der Waals surface area contributed by atoms with Crippen molar-refractivity contribution in [2.45, 2.75) is 18.9 Å². The van der Waals surface area contributed by atoms with Gasteiger partial charge in [0.1, 0.15) is 6.29 Å². The molecule has 0 fully saturated rings. The smallest absolute Gasteiger partial charge is 0.150 e. The molecule has 0 heterocycles. The molecular weight excluding hydrogens is 174 g/mol. The lowest BCUT2D eigenvalue weighted by Gasteiger charge is -2.23. The van der Waals surface area contributed by atoms with Gasteiger partial charge < -0.3 is 5.73 Å². The van der Waals surface area contributed by atoms with Gasteiger partial charge in [0, 0.05) is 11.1 Å². The maximum atomic E-state index is 10.4. The summed E-state index contributed by atoms with van der Waals surface area (Å²) in [5, 5.41) is 0. The topological polar surface area (TPSA) is 43.1 Å². The van der Waals surface area contributed by atoms with Gasteiger partial charge in [0.15, 0.2) is 0 Å². The lowest BCUT2D eigenvalue weighted by atomic mass is 9.89. The molecule has 2 nitrogen and oxygen atoms in total. The van der Waals surface area contributed by atoms with Gasteiger partial charge in [-0.15, -0.1) is 6.58 Å². The van der Waals surface area contributed by atoms with E-state index >= 15 is 0 Å². The number of aldehydes is 1. The highest BCUT2D eigenvalue weighted by Gasteiger charge is 2.18. The average molecular weight is 189 g/mol. The highest BCUT2D eigenvalue weighted by atomic mass is 16.1. The summed E-state index contributed by atoms with van der Waals surface area (Å²) in [4.78, 5) is 10.4. The van der Waals surface area contributed by atoms with Gasteiger partial charge in [0.25, 0.3) is 0 Å². The third kappa shape index (κ3) is 2.30. The third-order valence-corrected chi connectivity index (χ3v) is 2.27. The number of hydrogen-bond donors (Lipinski definition) is 1. The predicted octanol–water partition coefficient (Wildman–Crippen LogP) is 2.25. The zero-order valence-electron chi connectivity index (χ0n) is 8.36. The lowest BCUT2D eigenvalue weighted by Crippen LogP contribution is -2.32. The van der Waals surface area contributed by atoms with E-state index < -0.39 is 5.54 Å². The van der Waals surface area contributed by atoms with E-state index in [0.717, 1.165) is 11.8 Å². The molecule has 1 unspecified atom stereocenters. The fourth-order valence-electron chi connectivity index (χ4n) is 1.36. The van der Waals surface area contributed by atoms with Gasteiger partial charge >= 0.3 is 0 Å². The van der Waals surface area contributed by atoms with E-state index in [9.17, 15) is 4.79 Å². The van der Waals surface area contributed by atoms with Crippen LogP contribution in [0.1, 0.15) is 29.3 Å². The maximum Gasteiger partial charge on any atom is 0.150 e. The second-order valence-electron chi connectivity index (χ2n) is 3.65. The average Bonchev–Trinajstić information content (AvgIpc) is 2.18. The fourth-order valence-corrected chi connectivity index (χ4v) is 1.36. The zero-order valence-corrected chi connectivity index (χ0v) is 8.36. The Balaban J connectivity index is 2.95. The quantitative estimate of drug-likeness (QED) is 0.583. The summed E-state index contributed by atoms with van der Waals surface area (Å²) in [7, 11) is 0. The summed E-state index contributed by atoms with van der Waals surface area (Å²) in [6.45, 7) is 5.62. The van der Waals surface area contributed by atoms with Crippen molar-refractivity contribution in [1.29, 1.82) is 0 Å². The molecule has 0 aromatic heterocycles. The van der Waals surface area contributed by atoms with E-state index in [1.165, 1.54) is 0 Å². The first kappa shape index (κ1) is 10.7. The number of carbonyl (C=O) groups excluding carboxylic acids is 1. The molecule has 0 aliphatic carbocycles. The first-order valence-electron chi connectivity index (χ1n) is 4.55. The normalized spacial score (nSPS) is 14.4. The van der Waals surface area contributed by atoms with Crippen LogP contribution in [0.2, 0.25) is 0 Å². The first-order chi connectivity index (χ1) is 6.60. The van der Waals surface area contributed by atoms with Gasteiger partial charge in [-0.3, -0.25) is 4.79 Å². The van der Waals surface area contributed by atoms with E-state index in [-0.39, 0.29) is 0 Å². The lowest BCUT2D eigenvalue weighted by molar-refractivity contribution is 0.112. The number of rotatable bonds is 4. The van der Waals surface area contributed by atoms with E-state index in [4.69, 9.17) is 5.73 Å². The fraction of sp³-hybridized carbons (Fsp3) is 0.250. The predicted molar refractivity (Wildman–Crippen MR) is 58.2 cm³/mol. The number of carbonyl (C=O) groups is 1. The molecule has 0 spiro atoms. The molecule has 0 radical (unpaired) electrons. The molecule has 0 aliphatic heterocycles. The van der Waals surface area contributed by atoms with Crippen LogP contribution < -0.4 is 5.73 Å². The van der Waals surface area contributed by atoms with Crippen molar-refractivity contribution >= 4 is 6.29 Å². The molecule has 0 amide bonds. The number of benzene rings is 1. The van der Waals surface area contributed by atoms with Crippen molar-refractivity contribution in [2.24, 2.45) is 5.73 Å². The summed E-state index contributed by atoms with van der Waals surface area (Å²) in [5.74, 6) is 0. The minimum atomic E-state index is -0.400. The van der Waals surface area contributed by atoms with Crippen molar-refractivity contribution in [3.8, 4) is 0 Å². The van der Waals surface area contributed by atoms with Crippen LogP contribution in [-0.2, 0) is 5.54 Å². The second kappa shape index (κ2) is 4.20. The molecule has 0 saturated heterocycles. The van der Waals surface area contributed by atoms with Crippen LogP contribution in [0.15, 0.2) is 36.9 Å². The van der Waals surface area contributed by atoms with Crippen LogP contribution in [0.4, 0.5) is 0 Å². The molecule has 0 bridgehead atoms. The summed E-state index contributed by atoms with van der Waals surface area (Å²) in [6.07, 6.45) is 3.34. The Morgan fingerprint density at radius 1 is 1.43 bits per heavy atom. The molecule has 1 aromatic rings. The van der Waals surface area contributed by atoms with Gasteiger partial charge in [-0.05, 0) is 18.9 Å². The molecule has 1 atom stereocenters. The highest BCUT2D eigenvalue weighted by molar-refractivity contribution is 5.74. The highest BCUT2D eigenvalue weighted by Crippen LogP contribution is 2.21. The van der Waals surface area contributed by atoms with Crippen LogP contribution >= 0.6 is 0 Å². The molecule has 2 heteroatoms. The van der Waals surface area contributed by atoms with Gasteiger partial charge in [-0.1, -0.05) is 30.3 Å². The Bertz CT molecular complexity index is 325. The largest absolute Gasteiger partial charge is 0.321 e. The van der Waals surface area contributed by atoms with Gasteiger partial charge in [-0.25, -0.2) is 0 Å². The summed E-state index contributed by atoms with van der Waals surface area (Å²) < 4.78 is 0. The van der Waals surface area contributed by atoms with Crippen molar-refractivity contribution in [3.05, 3.63) is 48.0 Å².